The van der Waals surface area contributed by atoms with Crippen LogP contribution in [0.25, 0.3) is 49.4 Å². The number of allylic oxidation sites excluding steroid dienone is 3. The van der Waals surface area contributed by atoms with Gasteiger partial charge in [-0.25, -0.2) is 9.98 Å². The lowest BCUT2D eigenvalue weighted by Crippen LogP contribution is -2.34. The number of para-hydroxylation sites is 2. The SMILES string of the molecule is C1=CCCC(C2=NC(c3cccc(-n4c5cc(-c6ccc7c(c6)Sc6ccccc6N7c6ccccc6)ccc5c5c6ccccc6ccc54)c3)=NC(c3ccccc3)N2)=C1. The topological polar surface area (TPSA) is 44.9 Å². The first-order chi connectivity index (χ1) is 30.2. The Morgan fingerprint density at radius 1 is 0.574 bits per heavy atom. The molecule has 0 radical (unpaired) electrons. The average Bonchev–Trinajstić information content (AvgIpc) is 3.68. The van der Waals surface area contributed by atoms with Gasteiger partial charge in [0.1, 0.15) is 12.0 Å². The van der Waals surface area contributed by atoms with E-state index in [-0.39, 0.29) is 6.17 Å². The van der Waals surface area contributed by atoms with Gasteiger partial charge in [-0.15, -0.1) is 0 Å². The molecule has 1 unspecified atom stereocenters. The van der Waals surface area contributed by atoms with Crippen LogP contribution in [0.15, 0.2) is 226 Å². The smallest absolute Gasteiger partial charge is 0.159 e. The third-order valence-corrected chi connectivity index (χ3v) is 13.2. The third-order valence-electron chi connectivity index (χ3n) is 12.1. The normalized spacial score (nSPS) is 15.8. The van der Waals surface area contributed by atoms with Gasteiger partial charge in [-0.05, 0) is 107 Å². The lowest BCUT2D eigenvalue weighted by Gasteiger charge is -2.33. The minimum absolute atomic E-state index is 0.246. The second-order valence-electron chi connectivity index (χ2n) is 15.8. The zero-order chi connectivity index (χ0) is 40.3. The largest absolute Gasteiger partial charge is 0.344 e. The molecule has 1 aliphatic carbocycles. The first-order valence-corrected chi connectivity index (χ1v) is 21.7. The molecule has 61 heavy (non-hydrogen) atoms. The molecule has 0 saturated heterocycles. The van der Waals surface area contributed by atoms with Crippen LogP contribution in [0, 0.1) is 0 Å². The summed E-state index contributed by atoms with van der Waals surface area (Å²) in [7, 11) is 0. The molecule has 12 rings (SSSR count). The molecule has 0 saturated carbocycles. The van der Waals surface area contributed by atoms with Crippen molar-refractivity contribution in [3.63, 3.8) is 0 Å². The zero-order valence-corrected chi connectivity index (χ0v) is 34.1. The second kappa shape index (κ2) is 14.7. The van der Waals surface area contributed by atoms with Gasteiger partial charge in [-0.3, -0.25) is 0 Å². The van der Waals surface area contributed by atoms with Crippen molar-refractivity contribution in [1.82, 2.24) is 9.88 Å². The number of nitrogens with one attached hydrogen (secondary N) is 1. The number of anilines is 3. The van der Waals surface area contributed by atoms with Gasteiger partial charge >= 0.3 is 0 Å². The number of rotatable bonds is 6. The van der Waals surface area contributed by atoms with Crippen molar-refractivity contribution in [3.8, 4) is 16.8 Å². The molecule has 0 spiro atoms. The Labute approximate surface area is 358 Å². The standard InChI is InChI=1S/C55H39N5S/c1-4-16-37(17-5-1)53-56-54(38-18-6-2-7-19-38)58-55(57-53)41-20-14-23-43(33-41)60-48-32-28-36-15-10-11-24-44(36)52(48)45-30-27-39(34-49(45)60)40-29-31-47-51(35-40)61-50-26-13-12-25-46(50)59(47)42-21-8-3-9-22-42/h1-6,8-18,20-35,53H,7,19H2,(H,56,57,58). The van der Waals surface area contributed by atoms with E-state index in [2.05, 4.69) is 209 Å². The van der Waals surface area contributed by atoms with Crippen molar-refractivity contribution < 1.29 is 0 Å². The van der Waals surface area contributed by atoms with Crippen LogP contribution >= 0.6 is 11.8 Å². The highest BCUT2D eigenvalue weighted by molar-refractivity contribution is 7.99. The van der Waals surface area contributed by atoms with Crippen molar-refractivity contribution in [2.24, 2.45) is 9.98 Å². The lowest BCUT2D eigenvalue weighted by molar-refractivity contribution is 0.671. The zero-order valence-electron chi connectivity index (χ0n) is 33.2. The Morgan fingerprint density at radius 2 is 1.34 bits per heavy atom. The molecule has 5 nitrogen and oxygen atoms in total. The molecule has 2 aliphatic heterocycles. The van der Waals surface area contributed by atoms with Gasteiger partial charge in [0.25, 0.3) is 0 Å². The Kier molecular flexibility index (Phi) is 8.56. The summed E-state index contributed by atoms with van der Waals surface area (Å²) in [5, 5.41) is 8.60. The molecule has 290 valence electrons. The van der Waals surface area contributed by atoms with Crippen molar-refractivity contribution in [3.05, 3.63) is 217 Å². The second-order valence-corrected chi connectivity index (χ2v) is 16.8. The Balaban J connectivity index is 1.02. The summed E-state index contributed by atoms with van der Waals surface area (Å²) in [5.74, 6) is 1.62. The molecule has 9 aromatic rings. The summed E-state index contributed by atoms with van der Waals surface area (Å²) >= 11 is 1.84. The van der Waals surface area contributed by atoms with Crippen molar-refractivity contribution >= 4 is 73.1 Å². The molecular formula is C55H39N5S. The number of benzene rings is 8. The highest BCUT2D eigenvalue weighted by Crippen LogP contribution is 2.52. The summed E-state index contributed by atoms with van der Waals surface area (Å²) in [6.07, 6.45) is 8.22. The number of aliphatic imine (C=N–C) groups is 2. The molecule has 3 aliphatic rings. The van der Waals surface area contributed by atoms with Crippen LogP contribution < -0.4 is 10.2 Å². The molecule has 1 atom stereocenters. The highest BCUT2D eigenvalue weighted by atomic mass is 32.2. The van der Waals surface area contributed by atoms with E-state index in [9.17, 15) is 0 Å². The third kappa shape index (κ3) is 6.18. The fourth-order valence-corrected chi connectivity index (χ4v) is 10.3. The van der Waals surface area contributed by atoms with Gasteiger partial charge in [0.05, 0.1) is 22.4 Å². The predicted molar refractivity (Wildman–Crippen MR) is 255 cm³/mol. The van der Waals surface area contributed by atoms with E-state index in [1.807, 2.05) is 17.8 Å². The number of hydrogen-bond donors (Lipinski definition) is 1. The quantitative estimate of drug-likeness (QED) is 0.182. The number of hydrogen-bond acceptors (Lipinski definition) is 5. The van der Waals surface area contributed by atoms with Gasteiger partial charge in [0.15, 0.2) is 5.84 Å². The molecule has 6 heteroatoms. The maximum Gasteiger partial charge on any atom is 0.159 e. The first-order valence-electron chi connectivity index (χ1n) is 20.9. The van der Waals surface area contributed by atoms with Crippen LogP contribution in [0.2, 0.25) is 0 Å². The van der Waals surface area contributed by atoms with Crippen LogP contribution in [0.1, 0.15) is 30.1 Å². The van der Waals surface area contributed by atoms with Crippen molar-refractivity contribution in [2.45, 2.75) is 28.8 Å². The van der Waals surface area contributed by atoms with Crippen LogP contribution in [-0.4, -0.2) is 16.2 Å². The Morgan fingerprint density at radius 3 is 2.23 bits per heavy atom. The summed E-state index contributed by atoms with van der Waals surface area (Å²) in [6, 6.07) is 65.8. The summed E-state index contributed by atoms with van der Waals surface area (Å²) < 4.78 is 2.43. The molecule has 3 heterocycles. The van der Waals surface area contributed by atoms with Gasteiger partial charge in [0.2, 0.25) is 0 Å². The van der Waals surface area contributed by atoms with E-state index in [0.717, 1.165) is 58.0 Å². The fraction of sp³-hybridized carbons (Fsp3) is 0.0545. The monoisotopic (exact) mass is 801 g/mol. The number of aromatic nitrogens is 1. The molecule has 0 bridgehead atoms. The molecule has 0 amide bonds. The lowest BCUT2D eigenvalue weighted by atomic mass is 10.0. The number of fused-ring (bicyclic) bond motifs is 7. The van der Waals surface area contributed by atoms with Crippen LogP contribution in [0.3, 0.4) is 0 Å². The van der Waals surface area contributed by atoms with E-state index in [1.54, 1.807) is 0 Å². The number of amidine groups is 2. The molecule has 0 fully saturated rings. The van der Waals surface area contributed by atoms with Gasteiger partial charge in [0, 0.05) is 37.5 Å². The predicted octanol–water partition coefficient (Wildman–Crippen LogP) is 14.3. The molecular weight excluding hydrogens is 763 g/mol. The van der Waals surface area contributed by atoms with E-state index < -0.39 is 0 Å². The summed E-state index contributed by atoms with van der Waals surface area (Å²) in [6.45, 7) is 0. The average molecular weight is 802 g/mol. The van der Waals surface area contributed by atoms with Crippen molar-refractivity contribution in [1.29, 1.82) is 0 Å². The summed E-state index contributed by atoms with van der Waals surface area (Å²) in [5.41, 5.74) is 12.6. The van der Waals surface area contributed by atoms with Crippen molar-refractivity contribution in [2.75, 3.05) is 4.90 Å². The first kappa shape index (κ1) is 35.5. The highest BCUT2D eigenvalue weighted by Gasteiger charge is 2.26. The van der Waals surface area contributed by atoms with E-state index in [0.29, 0.717) is 0 Å². The molecule has 1 N–H and O–H groups in total. The minimum Gasteiger partial charge on any atom is -0.344 e. The van der Waals surface area contributed by atoms with Crippen LogP contribution in [0.5, 0.6) is 0 Å². The van der Waals surface area contributed by atoms with Crippen LogP contribution in [-0.2, 0) is 0 Å². The van der Waals surface area contributed by atoms with E-state index in [1.165, 1.54) is 59.4 Å². The number of nitrogens with zero attached hydrogens (tertiary/aromatic N) is 4. The summed E-state index contributed by atoms with van der Waals surface area (Å²) in [4.78, 5) is 15.3. The maximum absolute atomic E-state index is 5.24. The maximum atomic E-state index is 5.24. The van der Waals surface area contributed by atoms with Gasteiger partial charge in [-0.2, -0.15) is 0 Å². The molecule has 1 aromatic heterocycles. The minimum atomic E-state index is -0.246. The Bertz CT molecular complexity index is 3320. The van der Waals surface area contributed by atoms with E-state index in [4.69, 9.17) is 9.98 Å². The van der Waals surface area contributed by atoms with E-state index >= 15 is 0 Å². The fourth-order valence-electron chi connectivity index (χ4n) is 9.17. The van der Waals surface area contributed by atoms with Gasteiger partial charge in [-0.1, -0.05) is 151 Å². The molecule has 8 aromatic carbocycles. The van der Waals surface area contributed by atoms with Gasteiger partial charge < -0.3 is 14.8 Å². The van der Waals surface area contributed by atoms with Crippen LogP contribution in [0.4, 0.5) is 17.1 Å². The Hall–Kier alpha value is -7.41.